The Balaban J connectivity index is 1.73. The van der Waals surface area contributed by atoms with Gasteiger partial charge in [-0.25, -0.2) is 19.7 Å². The summed E-state index contributed by atoms with van der Waals surface area (Å²) in [6.45, 7) is 5.99. The van der Waals surface area contributed by atoms with Gasteiger partial charge in [0.2, 0.25) is 11.9 Å². The fourth-order valence-electron chi connectivity index (χ4n) is 3.29. The number of aromatic nitrogens is 3. The number of carbonyl (C=O) groups excluding carboxylic acids is 2. The molecule has 2 aromatic rings. The number of alkyl halides is 3. The maximum Gasteiger partial charge on any atom is 0.416 e. The molecule has 32 heavy (non-hydrogen) atoms. The minimum Gasteiger partial charge on any atom is -0.491 e. The molecule has 1 fully saturated rings. The van der Waals surface area contributed by atoms with Gasteiger partial charge < -0.3 is 15.0 Å². The zero-order chi connectivity index (χ0) is 23.5. The van der Waals surface area contributed by atoms with Gasteiger partial charge in [0.1, 0.15) is 12.4 Å². The minimum atomic E-state index is -4.56. The van der Waals surface area contributed by atoms with Crippen molar-refractivity contribution < 1.29 is 27.5 Å². The molecule has 0 saturated carbocycles. The van der Waals surface area contributed by atoms with E-state index < -0.39 is 23.7 Å². The summed E-state index contributed by atoms with van der Waals surface area (Å²) in [4.78, 5) is 40.3. The van der Waals surface area contributed by atoms with Crippen molar-refractivity contribution in [1.82, 2.24) is 19.9 Å². The van der Waals surface area contributed by atoms with Gasteiger partial charge >= 0.3 is 12.2 Å². The van der Waals surface area contributed by atoms with E-state index in [-0.39, 0.29) is 36.8 Å². The Bertz CT molecular complexity index is 968. The van der Waals surface area contributed by atoms with Crippen LogP contribution in [0, 0.1) is 5.92 Å². The summed E-state index contributed by atoms with van der Waals surface area (Å²) >= 11 is 0. The van der Waals surface area contributed by atoms with E-state index in [1.165, 1.54) is 22.2 Å². The Hall–Kier alpha value is -3.44. The molecule has 3 heterocycles. The standard InChI is InChI=1S/C20H23F3N6O3/c1-4-32-14-8-25-18(26-9-14)29-10-15(12(2)3)28(19(29)31)11-17(30)27-16-7-13(5-6-24-16)20(21,22)23/h5-9,12,15H,4,10-11H2,1-3H3,(H,24,27,30)/t15-/m1/s1. The lowest BCUT2D eigenvalue weighted by Crippen LogP contribution is -2.43. The van der Waals surface area contributed by atoms with E-state index in [0.29, 0.717) is 12.4 Å². The quantitative estimate of drug-likeness (QED) is 0.693. The van der Waals surface area contributed by atoms with Crippen LogP contribution in [0.25, 0.3) is 0 Å². The van der Waals surface area contributed by atoms with Crippen LogP contribution in [0.15, 0.2) is 30.7 Å². The van der Waals surface area contributed by atoms with Crippen molar-refractivity contribution in [3.8, 4) is 5.75 Å². The van der Waals surface area contributed by atoms with Gasteiger partial charge in [-0.3, -0.25) is 9.69 Å². The number of hydrogen-bond acceptors (Lipinski definition) is 6. The average molecular weight is 452 g/mol. The number of hydrogen-bond donors (Lipinski definition) is 1. The second-order valence-electron chi connectivity index (χ2n) is 7.46. The lowest BCUT2D eigenvalue weighted by Gasteiger charge is -2.25. The van der Waals surface area contributed by atoms with Crippen LogP contribution in [-0.4, -0.2) is 57.5 Å². The Labute approximate surface area is 182 Å². The van der Waals surface area contributed by atoms with Gasteiger partial charge in [-0.05, 0) is 25.0 Å². The molecule has 0 spiro atoms. The number of anilines is 2. The van der Waals surface area contributed by atoms with Crippen LogP contribution in [0.1, 0.15) is 26.3 Å². The second-order valence-corrected chi connectivity index (χ2v) is 7.46. The van der Waals surface area contributed by atoms with Crippen molar-refractivity contribution in [2.45, 2.75) is 33.0 Å². The number of amides is 3. The van der Waals surface area contributed by atoms with Gasteiger partial charge in [-0.1, -0.05) is 13.8 Å². The van der Waals surface area contributed by atoms with E-state index in [2.05, 4.69) is 20.3 Å². The van der Waals surface area contributed by atoms with Crippen molar-refractivity contribution in [2.75, 3.05) is 29.9 Å². The molecule has 0 unspecified atom stereocenters. The zero-order valence-electron chi connectivity index (χ0n) is 17.8. The lowest BCUT2D eigenvalue weighted by molar-refractivity contribution is -0.137. The first-order valence-electron chi connectivity index (χ1n) is 9.96. The van der Waals surface area contributed by atoms with Gasteiger partial charge in [0, 0.05) is 6.20 Å². The van der Waals surface area contributed by atoms with E-state index in [1.807, 2.05) is 20.8 Å². The molecule has 9 nitrogen and oxygen atoms in total. The smallest absolute Gasteiger partial charge is 0.416 e. The van der Waals surface area contributed by atoms with Crippen LogP contribution < -0.4 is 15.0 Å². The Kier molecular flexibility index (Phi) is 6.80. The fourth-order valence-corrected chi connectivity index (χ4v) is 3.29. The molecule has 1 saturated heterocycles. The molecular weight excluding hydrogens is 429 g/mol. The van der Waals surface area contributed by atoms with Crippen molar-refractivity contribution >= 4 is 23.7 Å². The van der Waals surface area contributed by atoms with E-state index in [1.54, 1.807) is 0 Å². The number of ether oxygens (including phenoxy) is 1. The molecule has 0 radical (unpaired) electrons. The Morgan fingerprint density at radius 2 is 1.97 bits per heavy atom. The molecule has 172 valence electrons. The molecule has 1 atom stereocenters. The summed E-state index contributed by atoms with van der Waals surface area (Å²) in [5.41, 5.74) is -0.932. The molecule has 0 aliphatic carbocycles. The third-order valence-electron chi connectivity index (χ3n) is 4.85. The SMILES string of the molecule is CCOc1cnc(N2C[C@H](C(C)C)N(CC(=O)Nc3cc(C(F)(F)F)ccn3)C2=O)nc1. The highest BCUT2D eigenvalue weighted by Gasteiger charge is 2.41. The first-order chi connectivity index (χ1) is 15.1. The van der Waals surface area contributed by atoms with Gasteiger partial charge in [0.15, 0.2) is 5.75 Å². The summed E-state index contributed by atoms with van der Waals surface area (Å²) < 4.78 is 43.9. The van der Waals surface area contributed by atoms with Crippen LogP contribution in [0.4, 0.5) is 29.7 Å². The highest BCUT2D eigenvalue weighted by molar-refractivity contribution is 5.98. The summed E-state index contributed by atoms with van der Waals surface area (Å²) in [5.74, 6) is -0.264. The normalized spacial score (nSPS) is 16.6. The summed E-state index contributed by atoms with van der Waals surface area (Å²) in [7, 11) is 0. The van der Waals surface area contributed by atoms with E-state index in [9.17, 15) is 22.8 Å². The monoisotopic (exact) mass is 452 g/mol. The first-order valence-corrected chi connectivity index (χ1v) is 9.96. The van der Waals surface area contributed by atoms with E-state index >= 15 is 0 Å². The number of halogens is 3. The van der Waals surface area contributed by atoms with Crippen molar-refractivity contribution in [1.29, 1.82) is 0 Å². The predicted molar refractivity (Wildman–Crippen MR) is 109 cm³/mol. The highest BCUT2D eigenvalue weighted by Crippen LogP contribution is 2.30. The first kappa shape index (κ1) is 23.2. The largest absolute Gasteiger partial charge is 0.491 e. The lowest BCUT2D eigenvalue weighted by atomic mass is 10.0. The maximum absolute atomic E-state index is 13.0. The van der Waals surface area contributed by atoms with Crippen molar-refractivity contribution in [2.24, 2.45) is 5.92 Å². The third-order valence-corrected chi connectivity index (χ3v) is 4.85. The number of nitrogens with one attached hydrogen (secondary N) is 1. The predicted octanol–water partition coefficient (Wildman–Crippen LogP) is 3.19. The molecule has 0 bridgehead atoms. The van der Waals surface area contributed by atoms with Gasteiger partial charge in [-0.15, -0.1) is 0 Å². The summed E-state index contributed by atoms with van der Waals surface area (Å²) in [6.07, 6.45) is -0.689. The molecule has 12 heteroatoms. The molecule has 3 rings (SSSR count). The number of carbonyl (C=O) groups is 2. The minimum absolute atomic E-state index is 0.00568. The molecule has 1 aliphatic heterocycles. The zero-order valence-corrected chi connectivity index (χ0v) is 17.8. The number of rotatable bonds is 7. The van der Waals surface area contributed by atoms with Crippen LogP contribution in [0.3, 0.4) is 0 Å². The number of pyridine rings is 1. The van der Waals surface area contributed by atoms with E-state index in [4.69, 9.17) is 4.74 Å². The highest BCUT2D eigenvalue weighted by atomic mass is 19.4. The molecule has 0 aromatic carbocycles. The molecule has 1 aliphatic rings. The van der Waals surface area contributed by atoms with Gasteiger partial charge in [-0.2, -0.15) is 13.2 Å². The Morgan fingerprint density at radius 3 is 2.56 bits per heavy atom. The van der Waals surface area contributed by atoms with Crippen LogP contribution in [0.5, 0.6) is 5.75 Å². The third kappa shape index (κ3) is 5.24. The topological polar surface area (TPSA) is 101 Å². The van der Waals surface area contributed by atoms with Crippen LogP contribution in [0.2, 0.25) is 0 Å². The second kappa shape index (κ2) is 9.37. The van der Waals surface area contributed by atoms with Crippen molar-refractivity contribution in [3.63, 3.8) is 0 Å². The number of urea groups is 1. The Morgan fingerprint density at radius 1 is 1.28 bits per heavy atom. The van der Waals surface area contributed by atoms with Gasteiger partial charge in [0.25, 0.3) is 0 Å². The summed E-state index contributed by atoms with van der Waals surface area (Å²) in [5, 5.41) is 2.33. The average Bonchev–Trinajstić information content (AvgIpc) is 3.05. The van der Waals surface area contributed by atoms with Crippen LogP contribution >= 0.6 is 0 Å². The molecule has 1 N–H and O–H groups in total. The molecule has 2 aromatic heterocycles. The van der Waals surface area contributed by atoms with Crippen molar-refractivity contribution in [3.05, 3.63) is 36.3 Å². The maximum atomic E-state index is 13.0. The van der Waals surface area contributed by atoms with E-state index in [0.717, 1.165) is 18.3 Å². The van der Waals surface area contributed by atoms with Gasteiger partial charge in [0.05, 0.1) is 37.2 Å². The number of nitrogens with zero attached hydrogens (tertiary/aromatic N) is 5. The molecule has 3 amide bonds. The summed E-state index contributed by atoms with van der Waals surface area (Å²) in [6, 6.07) is 0.755. The molecular formula is C20H23F3N6O3. The van der Waals surface area contributed by atoms with Crippen LogP contribution in [-0.2, 0) is 11.0 Å². The fraction of sp³-hybridized carbons (Fsp3) is 0.450.